The predicted octanol–water partition coefficient (Wildman–Crippen LogP) is 5.16. The second-order valence-electron chi connectivity index (χ2n) is 6.36. The Labute approximate surface area is 132 Å². The van der Waals surface area contributed by atoms with Crippen LogP contribution in [0.4, 0.5) is 0 Å². The van der Waals surface area contributed by atoms with Crippen LogP contribution in [0.3, 0.4) is 0 Å². The molecule has 1 fully saturated rings. The normalized spacial score (nSPS) is 20.4. The highest BCUT2D eigenvalue weighted by Gasteiger charge is 2.26. The van der Waals surface area contributed by atoms with Crippen LogP contribution in [0, 0.1) is 12.8 Å². The third-order valence-electron chi connectivity index (χ3n) is 4.68. The molecule has 1 aliphatic heterocycles. The number of dihydropyridines is 1. The summed E-state index contributed by atoms with van der Waals surface area (Å²) in [6, 6.07) is 17.7. The number of hydrogen-bond acceptors (Lipinski definition) is 1. The van der Waals surface area contributed by atoms with Crippen molar-refractivity contribution in [1.29, 1.82) is 0 Å². The van der Waals surface area contributed by atoms with Gasteiger partial charge in [-0.1, -0.05) is 48.5 Å². The molecule has 2 aromatic rings. The zero-order chi connectivity index (χ0) is 14.9. The van der Waals surface area contributed by atoms with Crippen LogP contribution < -0.4 is 5.32 Å². The third-order valence-corrected chi connectivity index (χ3v) is 4.68. The van der Waals surface area contributed by atoms with Crippen molar-refractivity contribution < 1.29 is 0 Å². The second kappa shape index (κ2) is 5.49. The van der Waals surface area contributed by atoms with E-state index in [0.717, 1.165) is 5.92 Å². The molecule has 1 saturated carbocycles. The minimum atomic E-state index is 0.296. The molecule has 2 aliphatic rings. The monoisotopic (exact) mass is 287 g/mol. The highest BCUT2D eigenvalue weighted by atomic mass is 14.9. The summed E-state index contributed by atoms with van der Waals surface area (Å²) in [5.41, 5.74) is 6.80. The first-order chi connectivity index (χ1) is 10.8. The fraction of sp³-hybridized carbons (Fsp3) is 0.238. The van der Waals surface area contributed by atoms with E-state index in [0.29, 0.717) is 6.04 Å². The molecular formula is C21H21N. The average molecular weight is 287 g/mol. The molecule has 0 aromatic heterocycles. The van der Waals surface area contributed by atoms with Gasteiger partial charge >= 0.3 is 0 Å². The summed E-state index contributed by atoms with van der Waals surface area (Å²) in [5, 5.41) is 3.51. The van der Waals surface area contributed by atoms with E-state index in [2.05, 4.69) is 79.1 Å². The molecule has 0 spiro atoms. The van der Waals surface area contributed by atoms with Crippen molar-refractivity contribution >= 4 is 0 Å². The van der Waals surface area contributed by atoms with E-state index in [4.69, 9.17) is 0 Å². The van der Waals surface area contributed by atoms with Crippen molar-refractivity contribution in [2.75, 3.05) is 0 Å². The SMILES string of the molecule is Cc1ccc(-c2ccccc2)cc1C1C=C(C2CC2)C=CN1. The van der Waals surface area contributed by atoms with Crippen LogP contribution in [0.25, 0.3) is 11.1 Å². The lowest BCUT2D eigenvalue weighted by Gasteiger charge is -2.22. The van der Waals surface area contributed by atoms with Gasteiger partial charge in [0, 0.05) is 0 Å². The van der Waals surface area contributed by atoms with E-state index in [1.54, 1.807) is 0 Å². The molecule has 1 atom stereocenters. The third kappa shape index (κ3) is 2.59. The van der Waals surface area contributed by atoms with Gasteiger partial charge in [-0.2, -0.15) is 0 Å². The van der Waals surface area contributed by atoms with Gasteiger partial charge in [-0.05, 0) is 71.9 Å². The van der Waals surface area contributed by atoms with E-state index < -0.39 is 0 Å². The van der Waals surface area contributed by atoms with Crippen LogP contribution >= 0.6 is 0 Å². The van der Waals surface area contributed by atoms with Crippen LogP contribution in [0.5, 0.6) is 0 Å². The Morgan fingerprint density at radius 1 is 0.955 bits per heavy atom. The summed E-state index contributed by atoms with van der Waals surface area (Å²) in [4.78, 5) is 0. The number of rotatable bonds is 3. The molecule has 1 unspecified atom stereocenters. The number of benzene rings is 2. The van der Waals surface area contributed by atoms with Gasteiger partial charge in [0.05, 0.1) is 6.04 Å². The van der Waals surface area contributed by atoms with E-state index in [9.17, 15) is 0 Å². The average Bonchev–Trinajstić information content (AvgIpc) is 3.41. The molecule has 0 radical (unpaired) electrons. The molecule has 4 rings (SSSR count). The van der Waals surface area contributed by atoms with Crippen LogP contribution in [-0.4, -0.2) is 0 Å². The van der Waals surface area contributed by atoms with Gasteiger partial charge in [0.1, 0.15) is 0 Å². The number of hydrogen-bond donors (Lipinski definition) is 1. The van der Waals surface area contributed by atoms with Gasteiger partial charge in [-0.15, -0.1) is 0 Å². The van der Waals surface area contributed by atoms with Gasteiger partial charge < -0.3 is 5.32 Å². The number of allylic oxidation sites excluding steroid dienone is 2. The largest absolute Gasteiger partial charge is 0.381 e. The quantitative estimate of drug-likeness (QED) is 0.822. The number of aryl methyl sites for hydroxylation is 1. The number of nitrogens with one attached hydrogen (secondary N) is 1. The smallest absolute Gasteiger partial charge is 0.0701 e. The minimum Gasteiger partial charge on any atom is -0.381 e. The Balaban J connectivity index is 1.71. The first kappa shape index (κ1) is 13.4. The first-order valence-corrected chi connectivity index (χ1v) is 8.11. The summed E-state index contributed by atoms with van der Waals surface area (Å²) < 4.78 is 0. The summed E-state index contributed by atoms with van der Waals surface area (Å²) in [7, 11) is 0. The van der Waals surface area contributed by atoms with Crippen LogP contribution in [0.2, 0.25) is 0 Å². The Kier molecular flexibility index (Phi) is 3.34. The highest BCUT2D eigenvalue weighted by Crippen LogP contribution is 2.40. The maximum atomic E-state index is 3.51. The molecule has 0 bridgehead atoms. The van der Waals surface area contributed by atoms with Gasteiger partial charge in [-0.3, -0.25) is 0 Å². The van der Waals surface area contributed by atoms with Crippen molar-refractivity contribution in [2.45, 2.75) is 25.8 Å². The van der Waals surface area contributed by atoms with Crippen molar-refractivity contribution in [3.8, 4) is 11.1 Å². The van der Waals surface area contributed by atoms with Crippen molar-refractivity contribution in [2.24, 2.45) is 5.92 Å². The topological polar surface area (TPSA) is 12.0 Å². The van der Waals surface area contributed by atoms with Gasteiger partial charge in [0.2, 0.25) is 0 Å². The Bertz CT molecular complexity index is 736. The zero-order valence-electron chi connectivity index (χ0n) is 12.9. The maximum absolute atomic E-state index is 3.51. The zero-order valence-corrected chi connectivity index (χ0v) is 12.9. The molecule has 1 N–H and O–H groups in total. The lowest BCUT2D eigenvalue weighted by molar-refractivity contribution is 0.724. The van der Waals surface area contributed by atoms with Gasteiger partial charge in [-0.25, -0.2) is 0 Å². The van der Waals surface area contributed by atoms with Gasteiger partial charge in [0.15, 0.2) is 0 Å². The van der Waals surface area contributed by atoms with Crippen molar-refractivity contribution in [1.82, 2.24) is 5.32 Å². The molecule has 1 aliphatic carbocycles. The molecule has 2 aromatic carbocycles. The van der Waals surface area contributed by atoms with E-state index in [1.807, 2.05) is 0 Å². The molecule has 1 heteroatoms. The molecular weight excluding hydrogens is 266 g/mol. The van der Waals surface area contributed by atoms with Crippen LogP contribution in [0.1, 0.15) is 30.0 Å². The van der Waals surface area contributed by atoms with E-state index >= 15 is 0 Å². The van der Waals surface area contributed by atoms with Crippen LogP contribution in [0.15, 0.2) is 72.5 Å². The first-order valence-electron chi connectivity index (χ1n) is 8.11. The second-order valence-corrected chi connectivity index (χ2v) is 6.36. The molecule has 1 nitrogen and oxygen atoms in total. The highest BCUT2D eigenvalue weighted by molar-refractivity contribution is 5.65. The molecule has 110 valence electrons. The van der Waals surface area contributed by atoms with Crippen molar-refractivity contribution in [3.63, 3.8) is 0 Å². The van der Waals surface area contributed by atoms with Gasteiger partial charge in [0.25, 0.3) is 0 Å². The standard InChI is InChI=1S/C21H21N/c1-15-7-8-18(16-5-3-2-4-6-16)13-20(15)21-14-19(11-12-22-21)17-9-10-17/h2-8,11-14,17,21-22H,9-10H2,1H3. The Hall–Kier alpha value is -2.28. The molecule has 0 saturated heterocycles. The molecule has 22 heavy (non-hydrogen) atoms. The lowest BCUT2D eigenvalue weighted by Crippen LogP contribution is -2.18. The van der Waals surface area contributed by atoms with E-state index in [-0.39, 0.29) is 0 Å². The Morgan fingerprint density at radius 2 is 1.77 bits per heavy atom. The maximum Gasteiger partial charge on any atom is 0.0701 e. The molecule has 1 heterocycles. The predicted molar refractivity (Wildman–Crippen MR) is 92.4 cm³/mol. The molecule has 0 amide bonds. The summed E-state index contributed by atoms with van der Waals surface area (Å²) in [6.45, 7) is 2.20. The minimum absolute atomic E-state index is 0.296. The summed E-state index contributed by atoms with van der Waals surface area (Å²) >= 11 is 0. The summed E-state index contributed by atoms with van der Waals surface area (Å²) in [5.74, 6) is 0.804. The fourth-order valence-electron chi connectivity index (χ4n) is 3.20. The lowest BCUT2D eigenvalue weighted by atomic mass is 9.92. The fourth-order valence-corrected chi connectivity index (χ4v) is 3.20. The van der Waals surface area contributed by atoms with Crippen LogP contribution in [-0.2, 0) is 0 Å². The van der Waals surface area contributed by atoms with Crippen molar-refractivity contribution in [3.05, 3.63) is 83.6 Å². The van der Waals surface area contributed by atoms with E-state index in [1.165, 1.54) is 40.7 Å². The summed E-state index contributed by atoms with van der Waals surface area (Å²) in [6.07, 6.45) is 9.48. The Morgan fingerprint density at radius 3 is 2.55 bits per heavy atom.